The van der Waals surface area contributed by atoms with Crippen molar-refractivity contribution < 1.29 is 9.59 Å². The second-order valence-corrected chi connectivity index (χ2v) is 6.44. The maximum Gasteiger partial charge on any atom is 0.329 e. The fourth-order valence-electron chi connectivity index (χ4n) is 2.84. The van der Waals surface area contributed by atoms with Crippen LogP contribution in [0, 0.1) is 13.8 Å². The Labute approximate surface area is 158 Å². The van der Waals surface area contributed by atoms with Crippen molar-refractivity contribution in [2.24, 2.45) is 5.10 Å². The van der Waals surface area contributed by atoms with Crippen LogP contribution in [0.2, 0.25) is 0 Å². The van der Waals surface area contributed by atoms with Crippen molar-refractivity contribution in [3.63, 3.8) is 0 Å². The highest BCUT2D eigenvalue weighted by molar-refractivity contribution is 6.39. The van der Waals surface area contributed by atoms with E-state index in [0.717, 1.165) is 27.5 Å². The minimum atomic E-state index is -0.810. The first-order valence-electron chi connectivity index (χ1n) is 8.66. The monoisotopic (exact) mass is 359 g/mol. The van der Waals surface area contributed by atoms with Gasteiger partial charge in [0, 0.05) is 11.3 Å². The van der Waals surface area contributed by atoms with Gasteiger partial charge in [-0.25, -0.2) is 5.43 Å². The van der Waals surface area contributed by atoms with Gasteiger partial charge in [-0.2, -0.15) is 5.10 Å². The van der Waals surface area contributed by atoms with Crippen LogP contribution in [0.3, 0.4) is 0 Å². The van der Waals surface area contributed by atoms with Crippen molar-refractivity contribution in [1.29, 1.82) is 0 Å². The minimum absolute atomic E-state index is 0.616. The van der Waals surface area contributed by atoms with Crippen LogP contribution in [-0.4, -0.2) is 17.5 Å². The lowest BCUT2D eigenvalue weighted by atomic mass is 10.0. The summed E-state index contributed by atoms with van der Waals surface area (Å²) in [6, 6.07) is 19.5. The molecular formula is C22H21N3O2. The molecule has 0 fully saturated rings. The Morgan fingerprint density at radius 2 is 1.63 bits per heavy atom. The van der Waals surface area contributed by atoms with E-state index in [9.17, 15) is 9.59 Å². The van der Waals surface area contributed by atoms with E-state index in [1.165, 1.54) is 0 Å². The van der Waals surface area contributed by atoms with E-state index < -0.39 is 11.8 Å². The molecule has 0 aromatic heterocycles. The summed E-state index contributed by atoms with van der Waals surface area (Å²) in [5.74, 6) is -1.56. The van der Waals surface area contributed by atoms with Crippen molar-refractivity contribution in [2.75, 3.05) is 5.32 Å². The van der Waals surface area contributed by atoms with Crippen molar-refractivity contribution in [2.45, 2.75) is 20.8 Å². The van der Waals surface area contributed by atoms with Gasteiger partial charge >= 0.3 is 11.8 Å². The Morgan fingerprint density at radius 1 is 0.889 bits per heavy atom. The molecule has 0 heterocycles. The summed E-state index contributed by atoms with van der Waals surface area (Å²) in [5.41, 5.74) is 6.37. The van der Waals surface area contributed by atoms with E-state index in [1.807, 2.05) is 74.5 Å². The molecule has 0 radical (unpaired) electrons. The molecule has 0 aliphatic rings. The minimum Gasteiger partial charge on any atom is -0.317 e. The third-order valence-corrected chi connectivity index (χ3v) is 4.35. The first kappa shape index (κ1) is 18.3. The maximum absolute atomic E-state index is 12.1. The Kier molecular flexibility index (Phi) is 5.31. The highest BCUT2D eigenvalue weighted by Gasteiger charge is 2.14. The fraction of sp³-hybridized carbons (Fsp3) is 0.136. The summed E-state index contributed by atoms with van der Waals surface area (Å²) in [6.45, 7) is 5.59. The standard InChI is InChI=1S/C22H21N3O2/c1-14-11-12-15(2)20(13-14)23-21(26)22(27)25-24-16(3)18-10-6-8-17-7-4-5-9-19(17)18/h4-13H,1-3H3,(H,23,26)(H,25,27). The van der Waals surface area contributed by atoms with Gasteiger partial charge in [-0.15, -0.1) is 0 Å². The van der Waals surface area contributed by atoms with Crippen LogP contribution in [0.1, 0.15) is 23.6 Å². The zero-order valence-electron chi connectivity index (χ0n) is 15.5. The Bertz CT molecular complexity index is 1050. The second-order valence-electron chi connectivity index (χ2n) is 6.44. The number of hydrogen-bond acceptors (Lipinski definition) is 3. The highest BCUT2D eigenvalue weighted by Crippen LogP contribution is 2.19. The number of anilines is 1. The van der Waals surface area contributed by atoms with Gasteiger partial charge in [0.15, 0.2) is 0 Å². The summed E-state index contributed by atoms with van der Waals surface area (Å²) in [5, 5.41) is 8.85. The molecule has 0 bridgehead atoms. The lowest BCUT2D eigenvalue weighted by molar-refractivity contribution is -0.136. The SMILES string of the molecule is CC(=NNC(=O)C(=O)Nc1cc(C)ccc1C)c1cccc2ccccc12. The molecule has 3 aromatic carbocycles. The largest absolute Gasteiger partial charge is 0.329 e. The zero-order chi connectivity index (χ0) is 19.4. The first-order valence-corrected chi connectivity index (χ1v) is 8.66. The summed E-state index contributed by atoms with van der Waals surface area (Å²) in [6.07, 6.45) is 0. The molecule has 5 heteroatoms. The molecule has 0 saturated heterocycles. The van der Waals surface area contributed by atoms with Crippen LogP contribution in [0.4, 0.5) is 5.69 Å². The molecule has 0 saturated carbocycles. The quantitative estimate of drug-likeness (QED) is 0.422. The molecular weight excluding hydrogens is 338 g/mol. The summed E-state index contributed by atoms with van der Waals surface area (Å²) in [4.78, 5) is 24.3. The number of nitrogens with one attached hydrogen (secondary N) is 2. The molecule has 5 nitrogen and oxygen atoms in total. The molecule has 0 unspecified atom stereocenters. The van der Waals surface area contributed by atoms with E-state index in [2.05, 4.69) is 15.8 Å². The number of hydrogen-bond donors (Lipinski definition) is 2. The third-order valence-electron chi connectivity index (χ3n) is 4.35. The van der Waals surface area contributed by atoms with Crippen LogP contribution >= 0.6 is 0 Å². The highest BCUT2D eigenvalue weighted by atomic mass is 16.2. The summed E-state index contributed by atoms with van der Waals surface area (Å²) < 4.78 is 0. The average Bonchev–Trinajstić information content (AvgIpc) is 2.68. The Balaban J connectivity index is 1.73. The van der Waals surface area contributed by atoms with E-state index >= 15 is 0 Å². The smallest absolute Gasteiger partial charge is 0.317 e. The lowest BCUT2D eigenvalue weighted by Gasteiger charge is -2.09. The molecule has 136 valence electrons. The maximum atomic E-state index is 12.1. The Hall–Kier alpha value is -3.47. The molecule has 3 rings (SSSR count). The van der Waals surface area contributed by atoms with Crippen LogP contribution in [0.5, 0.6) is 0 Å². The topological polar surface area (TPSA) is 70.6 Å². The molecule has 3 aromatic rings. The molecule has 27 heavy (non-hydrogen) atoms. The summed E-state index contributed by atoms with van der Waals surface area (Å²) >= 11 is 0. The normalized spacial score (nSPS) is 11.3. The van der Waals surface area contributed by atoms with Gasteiger partial charge in [-0.05, 0) is 48.7 Å². The molecule has 2 amide bonds. The number of benzene rings is 3. The van der Waals surface area contributed by atoms with Gasteiger partial charge in [0.25, 0.3) is 0 Å². The molecule has 0 aliphatic carbocycles. The van der Waals surface area contributed by atoms with Gasteiger partial charge in [0.1, 0.15) is 0 Å². The summed E-state index contributed by atoms with van der Waals surface area (Å²) in [7, 11) is 0. The van der Waals surface area contributed by atoms with Crippen molar-refractivity contribution in [1.82, 2.24) is 5.43 Å². The van der Waals surface area contributed by atoms with Crippen molar-refractivity contribution in [3.8, 4) is 0 Å². The second kappa shape index (κ2) is 7.83. The Morgan fingerprint density at radius 3 is 2.44 bits per heavy atom. The van der Waals surface area contributed by atoms with Crippen LogP contribution in [0.15, 0.2) is 65.8 Å². The van der Waals surface area contributed by atoms with Crippen molar-refractivity contribution >= 4 is 34.0 Å². The first-order chi connectivity index (χ1) is 13.0. The molecule has 2 N–H and O–H groups in total. The average molecular weight is 359 g/mol. The number of aryl methyl sites for hydroxylation is 2. The number of nitrogens with zero attached hydrogens (tertiary/aromatic N) is 1. The van der Waals surface area contributed by atoms with Gasteiger partial charge in [0.2, 0.25) is 0 Å². The van der Waals surface area contributed by atoms with Gasteiger partial charge in [0.05, 0.1) is 5.71 Å². The van der Waals surface area contributed by atoms with E-state index in [-0.39, 0.29) is 0 Å². The lowest BCUT2D eigenvalue weighted by Crippen LogP contribution is -2.33. The fourth-order valence-corrected chi connectivity index (χ4v) is 2.84. The number of carbonyl (C=O) groups is 2. The van der Waals surface area contributed by atoms with Gasteiger partial charge in [-0.1, -0.05) is 54.6 Å². The number of fused-ring (bicyclic) bond motifs is 1. The molecule has 0 atom stereocenters. The van der Waals surface area contributed by atoms with Crippen LogP contribution in [0.25, 0.3) is 10.8 Å². The predicted octanol–water partition coefficient (Wildman–Crippen LogP) is 3.94. The van der Waals surface area contributed by atoms with Crippen LogP contribution in [-0.2, 0) is 9.59 Å². The van der Waals surface area contributed by atoms with E-state index in [4.69, 9.17) is 0 Å². The third kappa shape index (κ3) is 4.20. The van der Waals surface area contributed by atoms with Crippen LogP contribution < -0.4 is 10.7 Å². The van der Waals surface area contributed by atoms with Gasteiger partial charge < -0.3 is 5.32 Å². The number of carbonyl (C=O) groups excluding carboxylic acids is 2. The number of hydrazone groups is 1. The molecule has 0 spiro atoms. The van der Waals surface area contributed by atoms with Gasteiger partial charge in [-0.3, -0.25) is 9.59 Å². The number of amides is 2. The zero-order valence-corrected chi connectivity index (χ0v) is 15.5. The van der Waals surface area contributed by atoms with Crippen molar-refractivity contribution in [3.05, 3.63) is 77.4 Å². The predicted molar refractivity (Wildman–Crippen MR) is 109 cm³/mol. The van der Waals surface area contributed by atoms with E-state index in [1.54, 1.807) is 6.92 Å². The van der Waals surface area contributed by atoms with E-state index in [0.29, 0.717) is 11.4 Å². The molecule has 0 aliphatic heterocycles. The number of rotatable bonds is 3.